The van der Waals surface area contributed by atoms with Crippen LogP contribution in [0.25, 0.3) is 0 Å². The van der Waals surface area contributed by atoms with Gasteiger partial charge in [-0.25, -0.2) is 0 Å². The van der Waals surface area contributed by atoms with Gasteiger partial charge in [-0.1, -0.05) is 26.0 Å². The molecule has 4 heteroatoms. The number of nitrogens with one attached hydrogen (secondary N) is 1. The Balaban J connectivity index is 2.16. The van der Waals surface area contributed by atoms with Gasteiger partial charge in [0, 0.05) is 17.3 Å². The minimum atomic E-state index is -0.182. The van der Waals surface area contributed by atoms with Crippen molar-refractivity contribution in [3.05, 3.63) is 53.6 Å². The van der Waals surface area contributed by atoms with E-state index in [0.717, 1.165) is 12.1 Å². The largest absolute Gasteiger partial charge is 0.494 e. The van der Waals surface area contributed by atoms with Gasteiger partial charge >= 0.3 is 0 Å². The quantitative estimate of drug-likeness (QED) is 0.713. The summed E-state index contributed by atoms with van der Waals surface area (Å²) >= 11 is 0. The second-order valence-corrected chi connectivity index (χ2v) is 5.94. The molecule has 0 spiro atoms. The summed E-state index contributed by atoms with van der Waals surface area (Å²) in [5.74, 6) is 1.59. The van der Waals surface area contributed by atoms with E-state index >= 15 is 0 Å². The van der Waals surface area contributed by atoms with Crippen molar-refractivity contribution < 1.29 is 14.3 Å². The first kappa shape index (κ1) is 18.8. The third-order valence-corrected chi connectivity index (χ3v) is 4.11. The lowest BCUT2D eigenvalue weighted by molar-refractivity contribution is 0.102. The highest BCUT2D eigenvalue weighted by molar-refractivity contribution is 6.04. The van der Waals surface area contributed by atoms with Gasteiger partial charge in [0.2, 0.25) is 0 Å². The fourth-order valence-corrected chi connectivity index (χ4v) is 2.54. The Bertz CT molecular complexity index is 671. The maximum Gasteiger partial charge on any atom is 0.255 e. The van der Waals surface area contributed by atoms with E-state index in [9.17, 15) is 4.79 Å². The summed E-state index contributed by atoms with van der Waals surface area (Å²) in [6.07, 6.45) is 1.09. The molecule has 1 atom stereocenters. The van der Waals surface area contributed by atoms with Crippen molar-refractivity contribution >= 4 is 11.6 Å². The summed E-state index contributed by atoms with van der Waals surface area (Å²) in [6.45, 7) is 9.25. The molecule has 0 saturated carbocycles. The summed E-state index contributed by atoms with van der Waals surface area (Å²) in [6, 6.07) is 13.3. The van der Waals surface area contributed by atoms with Crippen LogP contribution in [0.1, 0.15) is 56.0 Å². The number of hydrogen-bond acceptors (Lipinski definition) is 3. The summed E-state index contributed by atoms with van der Waals surface area (Å²) < 4.78 is 11.1. The number of hydrogen-bond donors (Lipinski definition) is 1. The molecule has 2 aromatic carbocycles. The molecule has 0 aliphatic heterocycles. The maximum atomic E-state index is 12.6. The summed E-state index contributed by atoms with van der Waals surface area (Å²) in [7, 11) is 0. The lowest BCUT2D eigenvalue weighted by atomic mass is 9.98. The molecule has 0 saturated heterocycles. The fourth-order valence-electron chi connectivity index (χ4n) is 2.54. The number of anilines is 1. The van der Waals surface area contributed by atoms with E-state index in [0.29, 0.717) is 36.2 Å². The summed E-state index contributed by atoms with van der Waals surface area (Å²) in [5.41, 5.74) is 2.56. The van der Waals surface area contributed by atoms with E-state index < -0.39 is 0 Å². The highest BCUT2D eigenvalue weighted by Crippen LogP contribution is 2.25. The Labute approximate surface area is 150 Å². The molecular formula is C21H27NO3. The molecule has 0 unspecified atom stereocenters. The monoisotopic (exact) mass is 341 g/mol. The number of benzene rings is 2. The van der Waals surface area contributed by atoms with E-state index in [-0.39, 0.29) is 5.91 Å². The average Bonchev–Trinajstić information content (AvgIpc) is 2.62. The Morgan fingerprint density at radius 1 is 0.960 bits per heavy atom. The van der Waals surface area contributed by atoms with Crippen LogP contribution in [0.5, 0.6) is 11.5 Å². The van der Waals surface area contributed by atoms with Gasteiger partial charge < -0.3 is 14.8 Å². The number of rotatable bonds is 8. The van der Waals surface area contributed by atoms with E-state index in [2.05, 4.69) is 31.3 Å². The SMILES string of the molecule is CCOc1cc(OCC)cc(C(=O)Nc2ccc([C@H](C)CC)cc2)c1. The first-order chi connectivity index (χ1) is 12.1. The number of carbonyl (C=O) groups excluding carboxylic acids is 1. The van der Waals surface area contributed by atoms with Gasteiger partial charge in [-0.05, 0) is 56.0 Å². The molecule has 25 heavy (non-hydrogen) atoms. The Kier molecular flexibility index (Phi) is 6.87. The van der Waals surface area contributed by atoms with Crippen molar-refractivity contribution in [2.45, 2.75) is 40.0 Å². The highest BCUT2D eigenvalue weighted by atomic mass is 16.5. The van der Waals surface area contributed by atoms with Crippen LogP contribution in [0.3, 0.4) is 0 Å². The van der Waals surface area contributed by atoms with Gasteiger partial charge in [-0.2, -0.15) is 0 Å². The van der Waals surface area contributed by atoms with Crippen LogP contribution in [0, 0.1) is 0 Å². The molecule has 134 valence electrons. The molecule has 4 nitrogen and oxygen atoms in total. The van der Waals surface area contributed by atoms with Crippen LogP contribution < -0.4 is 14.8 Å². The van der Waals surface area contributed by atoms with Gasteiger partial charge in [0.05, 0.1) is 13.2 Å². The normalized spacial score (nSPS) is 11.7. The fraction of sp³-hybridized carbons (Fsp3) is 0.381. The highest BCUT2D eigenvalue weighted by Gasteiger charge is 2.11. The maximum absolute atomic E-state index is 12.6. The molecule has 1 N–H and O–H groups in total. The van der Waals surface area contributed by atoms with E-state index in [1.807, 2.05) is 26.0 Å². The Hall–Kier alpha value is -2.49. The van der Waals surface area contributed by atoms with Gasteiger partial charge in [0.1, 0.15) is 11.5 Å². The van der Waals surface area contributed by atoms with E-state index in [1.165, 1.54) is 5.56 Å². The van der Waals surface area contributed by atoms with Crippen molar-refractivity contribution in [3.8, 4) is 11.5 Å². The van der Waals surface area contributed by atoms with Crippen LogP contribution in [0.4, 0.5) is 5.69 Å². The number of carbonyl (C=O) groups is 1. The van der Waals surface area contributed by atoms with Crippen molar-refractivity contribution in [3.63, 3.8) is 0 Å². The van der Waals surface area contributed by atoms with E-state index in [4.69, 9.17) is 9.47 Å². The Morgan fingerprint density at radius 3 is 2.00 bits per heavy atom. The summed E-state index contributed by atoms with van der Waals surface area (Å²) in [4.78, 5) is 12.6. The third kappa shape index (κ3) is 5.24. The lowest BCUT2D eigenvalue weighted by Crippen LogP contribution is -2.12. The zero-order valence-corrected chi connectivity index (χ0v) is 15.5. The van der Waals surface area contributed by atoms with Crippen LogP contribution in [-0.2, 0) is 0 Å². The molecular weight excluding hydrogens is 314 g/mol. The third-order valence-electron chi connectivity index (χ3n) is 4.11. The standard InChI is InChI=1S/C21H27NO3/c1-5-15(4)16-8-10-18(11-9-16)22-21(23)17-12-19(24-6-2)14-20(13-17)25-7-3/h8-15H,5-7H2,1-4H3,(H,22,23)/t15-/m1/s1. The van der Waals surface area contributed by atoms with Gasteiger partial charge in [-0.15, -0.1) is 0 Å². The van der Waals surface area contributed by atoms with Crippen LogP contribution in [0.15, 0.2) is 42.5 Å². The molecule has 1 amide bonds. The first-order valence-electron chi connectivity index (χ1n) is 8.89. The number of ether oxygens (including phenoxy) is 2. The van der Waals surface area contributed by atoms with Crippen molar-refractivity contribution in [2.75, 3.05) is 18.5 Å². The molecule has 0 radical (unpaired) electrons. The van der Waals surface area contributed by atoms with Gasteiger partial charge in [0.25, 0.3) is 5.91 Å². The summed E-state index contributed by atoms with van der Waals surface area (Å²) in [5, 5.41) is 2.93. The molecule has 0 fully saturated rings. The van der Waals surface area contributed by atoms with Gasteiger partial charge in [-0.3, -0.25) is 4.79 Å². The second kappa shape index (κ2) is 9.11. The predicted molar refractivity (Wildman–Crippen MR) is 102 cm³/mol. The van der Waals surface area contributed by atoms with Gasteiger partial charge in [0.15, 0.2) is 0 Å². The molecule has 0 heterocycles. The van der Waals surface area contributed by atoms with Crippen LogP contribution >= 0.6 is 0 Å². The van der Waals surface area contributed by atoms with E-state index in [1.54, 1.807) is 18.2 Å². The zero-order chi connectivity index (χ0) is 18.2. The van der Waals surface area contributed by atoms with Crippen LogP contribution in [-0.4, -0.2) is 19.1 Å². The van der Waals surface area contributed by atoms with Crippen molar-refractivity contribution in [2.24, 2.45) is 0 Å². The Morgan fingerprint density at radius 2 is 1.52 bits per heavy atom. The van der Waals surface area contributed by atoms with Crippen LogP contribution in [0.2, 0.25) is 0 Å². The molecule has 0 aliphatic carbocycles. The van der Waals surface area contributed by atoms with Crippen molar-refractivity contribution in [1.82, 2.24) is 0 Å². The minimum absolute atomic E-state index is 0.182. The molecule has 2 aromatic rings. The minimum Gasteiger partial charge on any atom is -0.494 e. The topological polar surface area (TPSA) is 47.6 Å². The molecule has 0 bridgehead atoms. The average molecular weight is 341 g/mol. The van der Waals surface area contributed by atoms with Crippen molar-refractivity contribution in [1.29, 1.82) is 0 Å². The predicted octanol–water partition coefficient (Wildman–Crippen LogP) is 5.25. The molecule has 2 rings (SSSR count). The first-order valence-corrected chi connectivity index (χ1v) is 8.89. The second-order valence-electron chi connectivity index (χ2n) is 5.94. The molecule has 0 aliphatic rings. The lowest BCUT2D eigenvalue weighted by Gasteiger charge is -2.12. The number of amides is 1. The molecule has 0 aromatic heterocycles. The zero-order valence-electron chi connectivity index (χ0n) is 15.5. The smallest absolute Gasteiger partial charge is 0.255 e.